The van der Waals surface area contributed by atoms with Gasteiger partial charge in [0.2, 0.25) is 0 Å². The van der Waals surface area contributed by atoms with E-state index in [2.05, 4.69) is 15.3 Å². The maximum atomic E-state index is 11.9. The van der Waals surface area contributed by atoms with E-state index in [9.17, 15) is 4.79 Å². The summed E-state index contributed by atoms with van der Waals surface area (Å²) in [5.41, 5.74) is 0.708. The van der Waals surface area contributed by atoms with Crippen LogP contribution in [0, 0.1) is 0 Å². The van der Waals surface area contributed by atoms with Crippen molar-refractivity contribution in [2.75, 3.05) is 11.9 Å². The molecule has 2 aromatic rings. The molecule has 5 nitrogen and oxygen atoms in total. The first-order chi connectivity index (χ1) is 9.60. The molecule has 20 heavy (non-hydrogen) atoms. The van der Waals surface area contributed by atoms with E-state index in [1.54, 1.807) is 18.2 Å². The maximum Gasteiger partial charge on any atom is 0.275 e. The molecule has 0 bridgehead atoms. The van der Waals surface area contributed by atoms with Crippen LogP contribution in [0.3, 0.4) is 0 Å². The van der Waals surface area contributed by atoms with Crippen molar-refractivity contribution >= 4 is 34.8 Å². The highest BCUT2D eigenvalue weighted by molar-refractivity contribution is 6.32. The summed E-state index contributed by atoms with van der Waals surface area (Å²) >= 11 is 11.6. The monoisotopic (exact) mass is 311 g/mol. The third kappa shape index (κ3) is 3.59. The molecule has 0 aliphatic carbocycles. The lowest BCUT2D eigenvalue weighted by molar-refractivity contribution is 0.102. The number of benzene rings is 1. The lowest BCUT2D eigenvalue weighted by atomic mass is 10.3. The van der Waals surface area contributed by atoms with Crippen LogP contribution in [-0.2, 0) is 0 Å². The number of hydrogen-bond acceptors (Lipinski definition) is 4. The predicted octanol–water partition coefficient (Wildman–Crippen LogP) is 3.43. The fraction of sp³-hybridized carbons (Fsp3) is 0.154. The number of anilines is 1. The second-order valence-electron chi connectivity index (χ2n) is 3.76. The molecule has 0 aliphatic heterocycles. The van der Waals surface area contributed by atoms with Crippen LogP contribution in [0.15, 0.2) is 30.6 Å². The molecule has 0 atom stereocenters. The van der Waals surface area contributed by atoms with Crippen molar-refractivity contribution in [2.24, 2.45) is 0 Å². The molecule has 1 heterocycles. The summed E-state index contributed by atoms with van der Waals surface area (Å²) in [6, 6.07) is 4.99. The van der Waals surface area contributed by atoms with E-state index in [1.165, 1.54) is 12.4 Å². The van der Waals surface area contributed by atoms with E-state index in [0.29, 0.717) is 23.1 Å². The maximum absolute atomic E-state index is 11.9. The Hall–Kier alpha value is -1.85. The van der Waals surface area contributed by atoms with Gasteiger partial charge in [-0.3, -0.25) is 4.79 Å². The van der Waals surface area contributed by atoms with Crippen LogP contribution >= 0.6 is 23.2 Å². The van der Waals surface area contributed by atoms with Crippen molar-refractivity contribution in [3.63, 3.8) is 0 Å². The van der Waals surface area contributed by atoms with Crippen molar-refractivity contribution in [3.05, 3.63) is 46.5 Å². The van der Waals surface area contributed by atoms with Crippen LogP contribution in [0.5, 0.6) is 5.75 Å². The van der Waals surface area contributed by atoms with Gasteiger partial charge in [-0.2, -0.15) is 0 Å². The first kappa shape index (κ1) is 14.6. The number of carbonyl (C=O) groups excluding carboxylic acids is 1. The molecule has 1 aromatic carbocycles. The normalized spacial score (nSPS) is 10.2. The summed E-state index contributed by atoms with van der Waals surface area (Å²) in [5.74, 6) is 0.174. The zero-order chi connectivity index (χ0) is 14.5. The predicted molar refractivity (Wildman–Crippen MR) is 77.6 cm³/mol. The molecule has 1 amide bonds. The fourth-order valence-electron chi connectivity index (χ4n) is 1.48. The first-order valence-electron chi connectivity index (χ1n) is 5.81. The third-order valence-electron chi connectivity index (χ3n) is 2.34. The van der Waals surface area contributed by atoms with Gasteiger partial charge in [-0.05, 0) is 25.1 Å². The summed E-state index contributed by atoms with van der Waals surface area (Å²) in [4.78, 5) is 19.6. The van der Waals surface area contributed by atoms with Gasteiger partial charge in [-0.1, -0.05) is 23.2 Å². The van der Waals surface area contributed by atoms with Crippen molar-refractivity contribution in [1.82, 2.24) is 9.97 Å². The molecule has 0 aliphatic rings. The van der Waals surface area contributed by atoms with Gasteiger partial charge in [-0.25, -0.2) is 9.97 Å². The van der Waals surface area contributed by atoms with Gasteiger partial charge in [0, 0.05) is 5.69 Å². The first-order valence-corrected chi connectivity index (χ1v) is 6.57. The Labute approximate surface area is 125 Å². The standard InChI is InChI=1S/C13H11Cl2N3O2/c1-2-20-11-4-3-8(5-9(11)14)18-13(19)10-6-17-12(15)7-16-10/h3-7H,2H2,1H3,(H,18,19). The van der Waals surface area contributed by atoms with Crippen LogP contribution in [-0.4, -0.2) is 22.5 Å². The van der Waals surface area contributed by atoms with Gasteiger partial charge in [0.15, 0.2) is 0 Å². The van der Waals surface area contributed by atoms with Crippen molar-refractivity contribution in [1.29, 1.82) is 0 Å². The lowest BCUT2D eigenvalue weighted by Gasteiger charge is -2.08. The minimum absolute atomic E-state index is 0.166. The van der Waals surface area contributed by atoms with Gasteiger partial charge in [0.1, 0.15) is 16.6 Å². The van der Waals surface area contributed by atoms with Crippen LogP contribution < -0.4 is 10.1 Å². The van der Waals surface area contributed by atoms with E-state index in [0.717, 1.165) is 0 Å². The Kier molecular flexibility index (Phi) is 4.76. The number of carbonyl (C=O) groups is 1. The summed E-state index contributed by atoms with van der Waals surface area (Å²) in [5, 5.41) is 3.31. The number of rotatable bonds is 4. The highest BCUT2D eigenvalue weighted by Crippen LogP contribution is 2.27. The minimum atomic E-state index is -0.394. The topological polar surface area (TPSA) is 64.1 Å². The summed E-state index contributed by atoms with van der Waals surface area (Å²) in [6.07, 6.45) is 2.61. The third-order valence-corrected chi connectivity index (χ3v) is 2.83. The number of nitrogens with one attached hydrogen (secondary N) is 1. The van der Waals surface area contributed by atoms with Gasteiger partial charge in [0.25, 0.3) is 5.91 Å². The molecule has 0 radical (unpaired) electrons. The number of halogens is 2. The Morgan fingerprint density at radius 1 is 1.30 bits per heavy atom. The lowest BCUT2D eigenvalue weighted by Crippen LogP contribution is -2.13. The van der Waals surface area contributed by atoms with E-state index in [-0.39, 0.29) is 10.8 Å². The summed E-state index contributed by atoms with van der Waals surface area (Å²) < 4.78 is 5.31. The minimum Gasteiger partial charge on any atom is -0.492 e. The van der Waals surface area contributed by atoms with Gasteiger partial charge in [0.05, 0.1) is 24.0 Å². The molecular formula is C13H11Cl2N3O2. The number of hydrogen-bond donors (Lipinski definition) is 1. The van der Waals surface area contributed by atoms with Crippen LogP contribution in [0.25, 0.3) is 0 Å². The average molecular weight is 312 g/mol. The van der Waals surface area contributed by atoms with Gasteiger partial charge < -0.3 is 10.1 Å². The average Bonchev–Trinajstić information content (AvgIpc) is 2.42. The molecule has 7 heteroatoms. The Bertz CT molecular complexity index is 618. The van der Waals surface area contributed by atoms with E-state index in [4.69, 9.17) is 27.9 Å². The van der Waals surface area contributed by atoms with Crippen LogP contribution in [0.1, 0.15) is 17.4 Å². The molecule has 1 aromatic heterocycles. The molecule has 0 saturated carbocycles. The zero-order valence-electron chi connectivity index (χ0n) is 10.6. The van der Waals surface area contributed by atoms with Crippen LogP contribution in [0.2, 0.25) is 10.2 Å². The number of ether oxygens (including phenoxy) is 1. The second kappa shape index (κ2) is 6.54. The SMILES string of the molecule is CCOc1ccc(NC(=O)c2cnc(Cl)cn2)cc1Cl. The highest BCUT2D eigenvalue weighted by Gasteiger charge is 2.10. The second-order valence-corrected chi connectivity index (χ2v) is 4.55. The molecule has 0 spiro atoms. The quantitative estimate of drug-likeness (QED) is 0.939. The molecule has 0 unspecified atom stereocenters. The van der Waals surface area contributed by atoms with Crippen molar-refractivity contribution in [2.45, 2.75) is 6.92 Å². The van der Waals surface area contributed by atoms with Crippen LogP contribution in [0.4, 0.5) is 5.69 Å². The zero-order valence-corrected chi connectivity index (χ0v) is 12.1. The molecule has 0 fully saturated rings. The van der Waals surface area contributed by atoms with Crippen molar-refractivity contribution < 1.29 is 9.53 Å². The Morgan fingerprint density at radius 2 is 2.10 bits per heavy atom. The number of nitrogens with zero attached hydrogens (tertiary/aromatic N) is 2. The largest absolute Gasteiger partial charge is 0.492 e. The molecule has 104 valence electrons. The Morgan fingerprint density at radius 3 is 2.70 bits per heavy atom. The van der Waals surface area contributed by atoms with E-state index in [1.807, 2.05) is 6.92 Å². The van der Waals surface area contributed by atoms with Gasteiger partial charge in [-0.15, -0.1) is 0 Å². The molecule has 0 saturated heterocycles. The van der Waals surface area contributed by atoms with Crippen molar-refractivity contribution in [3.8, 4) is 5.75 Å². The fourth-order valence-corrected chi connectivity index (χ4v) is 1.81. The summed E-state index contributed by atoms with van der Waals surface area (Å²) in [7, 11) is 0. The Balaban J connectivity index is 2.11. The highest BCUT2D eigenvalue weighted by atomic mass is 35.5. The summed E-state index contributed by atoms with van der Waals surface area (Å²) in [6.45, 7) is 2.39. The van der Waals surface area contributed by atoms with Gasteiger partial charge >= 0.3 is 0 Å². The molecular weight excluding hydrogens is 301 g/mol. The molecule has 1 N–H and O–H groups in total. The molecule has 2 rings (SSSR count). The smallest absolute Gasteiger partial charge is 0.275 e. The van der Waals surface area contributed by atoms with E-state index >= 15 is 0 Å². The van der Waals surface area contributed by atoms with E-state index < -0.39 is 5.91 Å². The number of aromatic nitrogens is 2. The number of amides is 1.